The van der Waals surface area contributed by atoms with E-state index in [4.69, 9.17) is 21.4 Å². The molecule has 0 atom stereocenters. The van der Waals surface area contributed by atoms with Crippen molar-refractivity contribution in [1.29, 1.82) is 0 Å². The Labute approximate surface area is 124 Å². The Hall–Kier alpha value is -1.22. The number of carboxylic acids is 1. The maximum absolute atomic E-state index is 11.0. The van der Waals surface area contributed by atoms with Crippen molar-refractivity contribution < 1.29 is 14.6 Å². The zero-order valence-electron chi connectivity index (χ0n) is 12.0. The molecule has 110 valence electrons. The van der Waals surface area contributed by atoms with Crippen molar-refractivity contribution >= 4 is 17.6 Å². The van der Waals surface area contributed by atoms with Gasteiger partial charge in [0.2, 0.25) is 0 Å². The molecule has 1 saturated carbocycles. The summed E-state index contributed by atoms with van der Waals surface area (Å²) >= 11 is 6.06. The Kier molecular flexibility index (Phi) is 4.59. The molecule has 1 fully saturated rings. The monoisotopic (exact) mass is 296 g/mol. The second kappa shape index (κ2) is 6.04. The van der Waals surface area contributed by atoms with Crippen LogP contribution in [0.1, 0.15) is 45.1 Å². The summed E-state index contributed by atoms with van der Waals surface area (Å²) in [5.41, 5.74) is 0.359. The molecule has 1 N–H and O–H groups in total. The standard InChI is InChI=1S/C16H21ClO3/c1-16(2,9-15(18)19)13-8-12(17)6-7-14(13)20-10-11-4-3-5-11/h6-8,11H,3-5,9-10H2,1-2H3,(H,18,19). The highest BCUT2D eigenvalue weighted by Crippen LogP contribution is 2.37. The first-order chi connectivity index (χ1) is 9.38. The molecule has 0 aliphatic heterocycles. The molecule has 1 aromatic carbocycles. The molecule has 1 aliphatic rings. The van der Waals surface area contributed by atoms with Crippen LogP contribution in [0.25, 0.3) is 0 Å². The molecule has 0 amide bonds. The first-order valence-corrected chi connectivity index (χ1v) is 7.41. The number of hydrogen-bond acceptors (Lipinski definition) is 2. The number of halogens is 1. The zero-order valence-corrected chi connectivity index (χ0v) is 12.7. The second-order valence-corrected chi connectivity index (χ2v) is 6.64. The Morgan fingerprint density at radius 1 is 1.45 bits per heavy atom. The van der Waals surface area contributed by atoms with E-state index in [1.54, 1.807) is 6.07 Å². The number of carboxylic acid groups (broad SMARTS) is 1. The Bertz CT molecular complexity index is 492. The zero-order chi connectivity index (χ0) is 14.8. The van der Waals surface area contributed by atoms with Crippen LogP contribution >= 0.6 is 11.6 Å². The fourth-order valence-electron chi connectivity index (χ4n) is 2.50. The maximum atomic E-state index is 11.0. The van der Waals surface area contributed by atoms with Gasteiger partial charge in [0.05, 0.1) is 13.0 Å². The maximum Gasteiger partial charge on any atom is 0.304 e. The summed E-state index contributed by atoms with van der Waals surface area (Å²) in [7, 11) is 0. The van der Waals surface area contributed by atoms with Gasteiger partial charge in [-0.15, -0.1) is 0 Å². The summed E-state index contributed by atoms with van der Waals surface area (Å²) < 4.78 is 5.91. The van der Waals surface area contributed by atoms with E-state index in [9.17, 15) is 4.79 Å². The van der Waals surface area contributed by atoms with Gasteiger partial charge in [0.25, 0.3) is 0 Å². The van der Waals surface area contributed by atoms with Crippen molar-refractivity contribution in [2.45, 2.75) is 44.9 Å². The summed E-state index contributed by atoms with van der Waals surface area (Å²) in [4.78, 5) is 11.0. The van der Waals surface area contributed by atoms with Gasteiger partial charge in [-0.1, -0.05) is 31.9 Å². The molecule has 1 aliphatic carbocycles. The fourth-order valence-corrected chi connectivity index (χ4v) is 2.67. The van der Waals surface area contributed by atoms with E-state index in [-0.39, 0.29) is 6.42 Å². The van der Waals surface area contributed by atoms with Gasteiger partial charge in [0.1, 0.15) is 5.75 Å². The lowest BCUT2D eigenvalue weighted by Gasteiger charge is -2.29. The van der Waals surface area contributed by atoms with Gasteiger partial charge in [0.15, 0.2) is 0 Å². The van der Waals surface area contributed by atoms with Gasteiger partial charge in [-0.2, -0.15) is 0 Å². The van der Waals surface area contributed by atoms with E-state index in [1.807, 2.05) is 26.0 Å². The molecular formula is C16H21ClO3. The van der Waals surface area contributed by atoms with Crippen molar-refractivity contribution in [3.63, 3.8) is 0 Å². The molecule has 0 saturated heterocycles. The molecule has 3 nitrogen and oxygen atoms in total. The summed E-state index contributed by atoms with van der Waals surface area (Å²) in [6.07, 6.45) is 3.78. The summed E-state index contributed by atoms with van der Waals surface area (Å²) in [5.74, 6) is 0.577. The van der Waals surface area contributed by atoms with Crippen LogP contribution in [0, 0.1) is 5.92 Å². The number of benzene rings is 1. The fraction of sp³-hybridized carbons (Fsp3) is 0.562. The third-order valence-corrected chi connectivity index (χ3v) is 4.20. The van der Waals surface area contributed by atoms with Crippen molar-refractivity contribution in [1.82, 2.24) is 0 Å². The average molecular weight is 297 g/mol. The topological polar surface area (TPSA) is 46.5 Å². The Morgan fingerprint density at radius 2 is 2.15 bits per heavy atom. The predicted octanol–water partition coefficient (Wildman–Crippen LogP) is 4.27. The number of hydrogen-bond donors (Lipinski definition) is 1. The van der Waals surface area contributed by atoms with Gasteiger partial charge in [0, 0.05) is 16.0 Å². The van der Waals surface area contributed by atoms with Crippen LogP contribution in [-0.4, -0.2) is 17.7 Å². The van der Waals surface area contributed by atoms with E-state index in [1.165, 1.54) is 19.3 Å². The second-order valence-electron chi connectivity index (χ2n) is 6.20. The summed E-state index contributed by atoms with van der Waals surface area (Å²) in [5, 5.41) is 9.67. The van der Waals surface area contributed by atoms with Crippen molar-refractivity contribution in [3.05, 3.63) is 28.8 Å². The molecule has 4 heteroatoms. The number of aliphatic carboxylic acids is 1. The molecule has 0 unspecified atom stereocenters. The van der Waals surface area contributed by atoms with Crippen LogP contribution in [-0.2, 0) is 10.2 Å². The molecule has 0 radical (unpaired) electrons. The van der Waals surface area contributed by atoms with E-state index in [2.05, 4.69) is 0 Å². The lowest BCUT2D eigenvalue weighted by molar-refractivity contribution is -0.138. The van der Waals surface area contributed by atoms with Gasteiger partial charge in [-0.05, 0) is 37.0 Å². The van der Waals surface area contributed by atoms with E-state index < -0.39 is 11.4 Å². The van der Waals surface area contributed by atoms with Crippen molar-refractivity contribution in [2.24, 2.45) is 5.92 Å². The lowest BCUT2D eigenvalue weighted by Crippen LogP contribution is -2.24. The van der Waals surface area contributed by atoms with Gasteiger partial charge in [-0.25, -0.2) is 0 Å². The van der Waals surface area contributed by atoms with E-state index in [0.29, 0.717) is 17.5 Å². The SMILES string of the molecule is CC(C)(CC(=O)O)c1cc(Cl)ccc1OCC1CCC1. The van der Waals surface area contributed by atoms with Gasteiger partial charge < -0.3 is 9.84 Å². The number of rotatable bonds is 6. The number of ether oxygens (including phenoxy) is 1. The van der Waals surface area contributed by atoms with Gasteiger partial charge in [-0.3, -0.25) is 4.79 Å². The Morgan fingerprint density at radius 3 is 2.70 bits per heavy atom. The molecule has 2 rings (SSSR count). The van der Waals surface area contributed by atoms with Crippen LogP contribution < -0.4 is 4.74 Å². The van der Waals surface area contributed by atoms with Crippen molar-refractivity contribution in [3.8, 4) is 5.75 Å². The van der Waals surface area contributed by atoms with Crippen LogP contribution in [0.4, 0.5) is 0 Å². The first kappa shape index (κ1) is 15.2. The largest absolute Gasteiger partial charge is 0.493 e. The predicted molar refractivity (Wildman–Crippen MR) is 79.6 cm³/mol. The minimum absolute atomic E-state index is 0.0487. The molecule has 0 spiro atoms. The van der Waals surface area contributed by atoms with Gasteiger partial charge >= 0.3 is 5.97 Å². The van der Waals surface area contributed by atoms with E-state index >= 15 is 0 Å². The molecule has 1 aromatic rings. The quantitative estimate of drug-likeness (QED) is 0.852. The normalized spacial score (nSPS) is 15.8. The minimum atomic E-state index is -0.820. The smallest absolute Gasteiger partial charge is 0.304 e. The first-order valence-electron chi connectivity index (χ1n) is 7.03. The molecule has 20 heavy (non-hydrogen) atoms. The molecule has 0 aromatic heterocycles. The summed E-state index contributed by atoms with van der Waals surface area (Å²) in [6.45, 7) is 4.52. The number of carbonyl (C=O) groups is 1. The lowest BCUT2D eigenvalue weighted by atomic mass is 9.81. The highest BCUT2D eigenvalue weighted by molar-refractivity contribution is 6.30. The highest BCUT2D eigenvalue weighted by Gasteiger charge is 2.28. The van der Waals surface area contributed by atoms with Crippen molar-refractivity contribution in [2.75, 3.05) is 6.61 Å². The third kappa shape index (κ3) is 3.66. The van der Waals surface area contributed by atoms with Crippen LogP contribution in [0.5, 0.6) is 5.75 Å². The molecule has 0 heterocycles. The summed E-state index contributed by atoms with van der Waals surface area (Å²) in [6, 6.07) is 5.46. The van der Waals surface area contributed by atoms with Crippen LogP contribution in [0.3, 0.4) is 0 Å². The molecule has 0 bridgehead atoms. The van der Waals surface area contributed by atoms with Crippen LogP contribution in [0.15, 0.2) is 18.2 Å². The minimum Gasteiger partial charge on any atom is -0.493 e. The molecular weight excluding hydrogens is 276 g/mol. The average Bonchev–Trinajstić information content (AvgIpc) is 2.27. The highest BCUT2D eigenvalue weighted by atomic mass is 35.5. The third-order valence-electron chi connectivity index (χ3n) is 3.96. The van der Waals surface area contributed by atoms with E-state index in [0.717, 1.165) is 11.3 Å². The Balaban J connectivity index is 2.19. The van der Waals surface area contributed by atoms with Crippen LogP contribution in [0.2, 0.25) is 5.02 Å².